The summed E-state index contributed by atoms with van der Waals surface area (Å²) in [6.45, 7) is -0.0319. The van der Waals surface area contributed by atoms with Gasteiger partial charge in [0.2, 0.25) is 0 Å². The molecule has 24 heavy (non-hydrogen) atoms. The smallest absolute Gasteiger partial charge is 0.338 e. The van der Waals surface area contributed by atoms with Crippen molar-refractivity contribution in [3.63, 3.8) is 0 Å². The molecule has 0 aliphatic carbocycles. The van der Waals surface area contributed by atoms with E-state index in [1.54, 1.807) is 12.1 Å². The molecule has 0 N–H and O–H groups in total. The maximum atomic E-state index is 13.3. The maximum Gasteiger partial charge on any atom is 0.338 e. The molecule has 6 heteroatoms. The van der Waals surface area contributed by atoms with Gasteiger partial charge in [0.25, 0.3) is 0 Å². The monoisotopic (exact) mass is 364 g/mol. The molecule has 0 spiro atoms. The molecule has 1 fully saturated rings. The van der Waals surface area contributed by atoms with E-state index in [2.05, 4.69) is 0 Å². The molecule has 3 rings (SSSR count). The molecule has 0 aromatic heterocycles. The van der Waals surface area contributed by atoms with E-state index >= 15 is 0 Å². The molecule has 0 atom stereocenters. The fourth-order valence-electron chi connectivity index (χ4n) is 2.41. The van der Waals surface area contributed by atoms with E-state index in [9.17, 15) is 9.18 Å². The van der Waals surface area contributed by atoms with Crippen LogP contribution < -0.4 is 4.74 Å². The highest BCUT2D eigenvalue weighted by Crippen LogP contribution is 2.45. The summed E-state index contributed by atoms with van der Waals surface area (Å²) in [5.74, 6) is 2.00. The van der Waals surface area contributed by atoms with Gasteiger partial charge in [-0.05, 0) is 35.9 Å². The number of carbonyl (C=O) groups is 1. The van der Waals surface area contributed by atoms with Gasteiger partial charge < -0.3 is 9.47 Å². The van der Waals surface area contributed by atoms with E-state index in [-0.39, 0.29) is 6.61 Å². The zero-order chi connectivity index (χ0) is 16.9. The van der Waals surface area contributed by atoms with E-state index in [4.69, 9.17) is 9.47 Å². The molecule has 1 aliphatic rings. The lowest BCUT2D eigenvalue weighted by Crippen LogP contribution is -2.06. The van der Waals surface area contributed by atoms with Crippen LogP contribution in [0.4, 0.5) is 4.39 Å². The van der Waals surface area contributed by atoms with Crippen molar-refractivity contribution < 1.29 is 18.7 Å². The number of thioether (sulfide) groups is 2. The molecule has 2 aromatic rings. The second kappa shape index (κ2) is 7.94. The minimum Gasteiger partial charge on any atom is -0.496 e. The Balaban J connectivity index is 1.63. The summed E-state index contributed by atoms with van der Waals surface area (Å²) in [5.41, 5.74) is 2.20. The largest absolute Gasteiger partial charge is 0.496 e. The van der Waals surface area contributed by atoms with E-state index in [1.807, 2.05) is 35.7 Å². The molecular formula is C18H17FO3S2. The molecule has 1 saturated heterocycles. The van der Waals surface area contributed by atoms with Crippen molar-refractivity contribution in [1.82, 2.24) is 0 Å². The van der Waals surface area contributed by atoms with Crippen molar-refractivity contribution in [3.05, 3.63) is 65.0 Å². The van der Waals surface area contributed by atoms with Crippen molar-refractivity contribution in [1.29, 1.82) is 0 Å². The van der Waals surface area contributed by atoms with Gasteiger partial charge in [0.1, 0.15) is 18.2 Å². The summed E-state index contributed by atoms with van der Waals surface area (Å²) in [7, 11) is 1.50. The van der Waals surface area contributed by atoms with Crippen LogP contribution in [0.15, 0.2) is 42.5 Å². The van der Waals surface area contributed by atoms with Gasteiger partial charge in [0, 0.05) is 17.1 Å². The van der Waals surface area contributed by atoms with E-state index in [0.717, 1.165) is 11.5 Å². The number of rotatable bonds is 5. The van der Waals surface area contributed by atoms with Crippen LogP contribution >= 0.6 is 23.5 Å². The molecule has 1 aliphatic heterocycles. The highest BCUT2D eigenvalue weighted by molar-refractivity contribution is 8.19. The Bertz CT molecular complexity index is 713. The van der Waals surface area contributed by atoms with E-state index in [1.165, 1.54) is 30.9 Å². The molecule has 3 nitrogen and oxygen atoms in total. The molecule has 2 aromatic carbocycles. The average molecular weight is 364 g/mol. The Kier molecular flexibility index (Phi) is 5.68. The molecule has 0 saturated carbocycles. The second-order valence-corrected chi connectivity index (χ2v) is 7.95. The highest BCUT2D eigenvalue weighted by atomic mass is 32.2. The quantitative estimate of drug-likeness (QED) is 0.721. The molecular weight excluding hydrogens is 347 g/mol. The summed E-state index contributed by atoms with van der Waals surface area (Å²) in [6, 6.07) is 11.6. The van der Waals surface area contributed by atoms with Gasteiger partial charge in [-0.25, -0.2) is 9.18 Å². The summed E-state index contributed by atoms with van der Waals surface area (Å²) in [5, 5.41) is 0. The fourth-order valence-corrected chi connectivity index (χ4v) is 5.27. The normalized spacial score (nSPS) is 14.6. The van der Waals surface area contributed by atoms with Gasteiger partial charge in [-0.1, -0.05) is 12.1 Å². The van der Waals surface area contributed by atoms with E-state index in [0.29, 0.717) is 21.5 Å². The summed E-state index contributed by atoms with van der Waals surface area (Å²) in [4.78, 5) is 12.2. The van der Waals surface area contributed by atoms with Crippen molar-refractivity contribution >= 4 is 29.5 Å². The van der Waals surface area contributed by atoms with Gasteiger partial charge in [-0.15, -0.1) is 23.5 Å². The first-order valence-electron chi connectivity index (χ1n) is 7.50. The molecule has 0 bridgehead atoms. The predicted octanol–water partition coefficient (Wildman–Crippen LogP) is 4.67. The van der Waals surface area contributed by atoms with Gasteiger partial charge in [0.15, 0.2) is 0 Å². The van der Waals surface area contributed by atoms with Crippen LogP contribution in [0, 0.1) is 5.82 Å². The SMILES string of the molecule is COc1ccc(F)cc1COC(=O)c1ccc(C2SCCS2)cc1. The lowest BCUT2D eigenvalue weighted by Gasteiger charge is -2.11. The van der Waals surface area contributed by atoms with Crippen LogP contribution in [0.3, 0.4) is 0 Å². The van der Waals surface area contributed by atoms with Crippen molar-refractivity contribution in [2.75, 3.05) is 18.6 Å². The number of halogens is 1. The van der Waals surface area contributed by atoms with Crippen LogP contribution in [0.5, 0.6) is 5.75 Å². The fraction of sp³-hybridized carbons (Fsp3) is 0.278. The molecule has 1 heterocycles. The van der Waals surface area contributed by atoms with Gasteiger partial charge in [-0.3, -0.25) is 0 Å². The van der Waals surface area contributed by atoms with Crippen LogP contribution in [-0.4, -0.2) is 24.6 Å². The number of ether oxygens (including phenoxy) is 2. The third kappa shape index (κ3) is 4.05. The third-order valence-corrected chi connectivity index (χ3v) is 6.75. The van der Waals surface area contributed by atoms with Crippen LogP contribution in [0.1, 0.15) is 26.1 Å². The first kappa shape index (κ1) is 17.2. The van der Waals surface area contributed by atoms with Gasteiger partial charge in [0.05, 0.1) is 17.3 Å². The van der Waals surface area contributed by atoms with Gasteiger partial charge in [-0.2, -0.15) is 0 Å². The maximum absolute atomic E-state index is 13.3. The first-order chi connectivity index (χ1) is 11.7. The first-order valence-corrected chi connectivity index (χ1v) is 9.60. The second-order valence-electron chi connectivity index (χ2n) is 5.23. The predicted molar refractivity (Wildman–Crippen MR) is 96.2 cm³/mol. The standard InChI is InChI=1S/C18H17FO3S2/c1-21-16-7-6-15(19)10-14(16)11-22-17(20)12-2-4-13(5-3-12)18-23-8-9-24-18/h2-7,10,18H,8-9,11H2,1H3. The minimum atomic E-state index is -0.431. The zero-order valence-electron chi connectivity index (χ0n) is 13.2. The molecule has 0 unspecified atom stereocenters. The molecule has 0 amide bonds. The number of hydrogen-bond donors (Lipinski definition) is 0. The molecule has 126 valence electrons. The number of hydrogen-bond acceptors (Lipinski definition) is 5. The summed E-state index contributed by atoms with van der Waals surface area (Å²) >= 11 is 3.84. The Morgan fingerprint density at radius 2 is 1.88 bits per heavy atom. The van der Waals surface area contributed by atoms with Crippen molar-refractivity contribution in [2.24, 2.45) is 0 Å². The van der Waals surface area contributed by atoms with E-state index < -0.39 is 11.8 Å². The number of carbonyl (C=O) groups excluding carboxylic acids is 1. The number of esters is 1. The Morgan fingerprint density at radius 3 is 2.54 bits per heavy atom. The lowest BCUT2D eigenvalue weighted by atomic mass is 10.1. The third-order valence-electron chi connectivity index (χ3n) is 3.64. The Labute approximate surface area is 148 Å². The lowest BCUT2D eigenvalue weighted by molar-refractivity contribution is 0.0469. The molecule has 0 radical (unpaired) electrons. The van der Waals surface area contributed by atoms with Crippen LogP contribution in [0.2, 0.25) is 0 Å². The Morgan fingerprint density at radius 1 is 1.17 bits per heavy atom. The summed E-state index contributed by atoms with van der Waals surface area (Å²) in [6.07, 6.45) is 0. The minimum absolute atomic E-state index is 0.0319. The number of methoxy groups -OCH3 is 1. The summed E-state index contributed by atoms with van der Waals surface area (Å²) < 4.78 is 24.2. The van der Waals surface area contributed by atoms with Crippen LogP contribution in [0.25, 0.3) is 0 Å². The Hall–Kier alpha value is -1.66. The highest BCUT2D eigenvalue weighted by Gasteiger charge is 2.18. The topological polar surface area (TPSA) is 35.5 Å². The van der Waals surface area contributed by atoms with Crippen molar-refractivity contribution in [3.8, 4) is 5.75 Å². The zero-order valence-corrected chi connectivity index (χ0v) is 14.8. The van der Waals surface area contributed by atoms with Crippen molar-refractivity contribution in [2.45, 2.75) is 11.2 Å². The van der Waals surface area contributed by atoms with Crippen LogP contribution in [-0.2, 0) is 11.3 Å². The average Bonchev–Trinajstić information content (AvgIpc) is 3.14. The number of benzene rings is 2. The van der Waals surface area contributed by atoms with Gasteiger partial charge >= 0.3 is 5.97 Å².